The molecule has 0 N–H and O–H groups in total. The summed E-state index contributed by atoms with van der Waals surface area (Å²) >= 11 is 0. The van der Waals surface area contributed by atoms with Crippen LogP contribution in [0.1, 0.15) is 84.6 Å². The lowest BCUT2D eigenvalue weighted by Gasteiger charge is -2.49. The lowest BCUT2D eigenvalue weighted by molar-refractivity contribution is -0.167. The lowest BCUT2D eigenvalue weighted by atomic mass is 9.52. The van der Waals surface area contributed by atoms with E-state index in [2.05, 4.69) is 26.8 Å². The van der Waals surface area contributed by atoms with Crippen molar-refractivity contribution < 1.29 is 28.2 Å². The normalized spacial score (nSPS) is 32.9. The Morgan fingerprint density at radius 1 is 1.12 bits per heavy atom. The molecule has 1 aromatic rings. The molecule has 5 nitrogen and oxygen atoms in total. The number of carbonyl (C=O) groups is 2. The molecule has 222 valence electrons. The van der Waals surface area contributed by atoms with E-state index < -0.39 is 17.0 Å². The minimum atomic E-state index is -1.03. The summed E-state index contributed by atoms with van der Waals surface area (Å²) in [7, 11) is 1.62. The van der Waals surface area contributed by atoms with E-state index in [-0.39, 0.29) is 42.2 Å². The number of halogens is 1. The monoisotopic (exact) mass is 556 g/mol. The average Bonchev–Trinajstić information content (AvgIpc) is 3.60. The van der Waals surface area contributed by atoms with Crippen molar-refractivity contribution in [2.75, 3.05) is 20.3 Å². The topological polar surface area (TPSA) is 61.8 Å². The van der Waals surface area contributed by atoms with Crippen LogP contribution in [0.4, 0.5) is 4.39 Å². The van der Waals surface area contributed by atoms with Crippen LogP contribution < -0.4 is 4.74 Å². The number of hydrogen-bond donors (Lipinski definition) is 0. The molecule has 0 saturated heterocycles. The van der Waals surface area contributed by atoms with Gasteiger partial charge < -0.3 is 19.0 Å². The van der Waals surface area contributed by atoms with Crippen molar-refractivity contribution in [3.63, 3.8) is 0 Å². The molecule has 2 bridgehead atoms. The van der Waals surface area contributed by atoms with Crippen LogP contribution in [-0.4, -0.2) is 38.8 Å². The number of carbonyl (C=O) groups excluding carboxylic acids is 2. The Balaban J connectivity index is 1.58. The summed E-state index contributed by atoms with van der Waals surface area (Å²) in [4.78, 5) is 27.6. The third kappa shape index (κ3) is 5.62. The number of rotatable bonds is 15. The first-order valence-electron chi connectivity index (χ1n) is 15.4. The van der Waals surface area contributed by atoms with E-state index in [1.165, 1.54) is 0 Å². The van der Waals surface area contributed by atoms with Gasteiger partial charge in [-0.25, -0.2) is 4.39 Å². The van der Waals surface area contributed by atoms with Crippen LogP contribution >= 0.6 is 0 Å². The van der Waals surface area contributed by atoms with Crippen molar-refractivity contribution in [3.05, 3.63) is 41.5 Å². The summed E-state index contributed by atoms with van der Waals surface area (Å²) in [5, 5.41) is 0. The van der Waals surface area contributed by atoms with Crippen molar-refractivity contribution in [2.45, 2.75) is 91.8 Å². The van der Waals surface area contributed by atoms with E-state index in [0.29, 0.717) is 25.9 Å². The molecular weight excluding hydrogens is 507 g/mol. The predicted octanol–water partition coefficient (Wildman–Crippen LogP) is 7.51. The number of benzene rings is 1. The molecular formula is C34H49FO5. The third-order valence-electron chi connectivity index (χ3n) is 10.2. The van der Waals surface area contributed by atoms with Gasteiger partial charge in [0.25, 0.3) is 0 Å². The highest BCUT2D eigenvalue weighted by Crippen LogP contribution is 2.71. The smallest absolute Gasteiger partial charge is 0.317 e. The number of ether oxygens (including phenoxy) is 3. The molecule has 3 aliphatic carbocycles. The van der Waals surface area contributed by atoms with Gasteiger partial charge in [0.15, 0.2) is 0 Å². The van der Waals surface area contributed by atoms with Gasteiger partial charge in [-0.2, -0.15) is 0 Å². The Morgan fingerprint density at radius 2 is 1.85 bits per heavy atom. The van der Waals surface area contributed by atoms with Gasteiger partial charge in [0.1, 0.15) is 30.2 Å². The summed E-state index contributed by atoms with van der Waals surface area (Å²) < 4.78 is 32.5. The van der Waals surface area contributed by atoms with Gasteiger partial charge in [0.2, 0.25) is 0 Å². The van der Waals surface area contributed by atoms with Crippen LogP contribution in [0.15, 0.2) is 35.9 Å². The molecule has 0 amide bonds. The van der Waals surface area contributed by atoms with Crippen LogP contribution in [-0.2, 0) is 25.7 Å². The zero-order valence-corrected chi connectivity index (χ0v) is 25.1. The SMILES string of the molecule is CCCCOCCCCC1C(C)C(F)CC1C1(C=O)CC2C=C(C(C)C)C1(C(=O)OCc1ccc(OC)cc1)C2. The molecule has 4 rings (SSSR count). The highest BCUT2D eigenvalue weighted by atomic mass is 19.1. The summed E-state index contributed by atoms with van der Waals surface area (Å²) in [6.45, 7) is 9.95. The molecule has 3 aliphatic rings. The Kier molecular flexibility index (Phi) is 10.1. The van der Waals surface area contributed by atoms with Gasteiger partial charge in [-0.15, -0.1) is 0 Å². The van der Waals surface area contributed by atoms with Crippen molar-refractivity contribution in [3.8, 4) is 5.75 Å². The maximum Gasteiger partial charge on any atom is 0.317 e. The third-order valence-corrected chi connectivity index (χ3v) is 10.2. The summed E-state index contributed by atoms with van der Waals surface area (Å²) in [6, 6.07) is 7.46. The average molecular weight is 557 g/mol. The van der Waals surface area contributed by atoms with Gasteiger partial charge in [0, 0.05) is 18.6 Å². The Hall–Kier alpha value is -2.21. The second kappa shape index (κ2) is 13.2. The van der Waals surface area contributed by atoms with Crippen molar-refractivity contribution in [2.24, 2.45) is 40.4 Å². The zero-order chi connectivity index (χ0) is 28.9. The second-order valence-electron chi connectivity index (χ2n) is 12.8. The molecule has 0 aromatic heterocycles. The maximum absolute atomic E-state index is 15.5. The Morgan fingerprint density at radius 3 is 2.50 bits per heavy atom. The molecule has 0 radical (unpaired) electrons. The molecule has 0 heterocycles. The number of methoxy groups -OCH3 is 1. The largest absolute Gasteiger partial charge is 0.497 e. The van der Waals surface area contributed by atoms with Gasteiger partial charge in [-0.3, -0.25) is 4.79 Å². The summed E-state index contributed by atoms with van der Waals surface area (Å²) in [6.07, 6.45) is 8.72. The van der Waals surface area contributed by atoms with Gasteiger partial charge >= 0.3 is 5.97 Å². The fraction of sp³-hybridized carbons (Fsp3) is 0.706. The van der Waals surface area contributed by atoms with Crippen LogP contribution in [0.25, 0.3) is 0 Å². The minimum absolute atomic E-state index is 0.0508. The van der Waals surface area contributed by atoms with E-state index in [0.717, 1.165) is 61.9 Å². The first-order valence-corrected chi connectivity index (χ1v) is 15.4. The number of hydrogen-bond acceptors (Lipinski definition) is 5. The molecule has 6 heteroatoms. The zero-order valence-electron chi connectivity index (χ0n) is 25.1. The van der Waals surface area contributed by atoms with Gasteiger partial charge in [0.05, 0.1) is 7.11 Å². The van der Waals surface area contributed by atoms with E-state index in [4.69, 9.17) is 14.2 Å². The molecule has 7 atom stereocenters. The van der Waals surface area contributed by atoms with Crippen LogP contribution in [0.2, 0.25) is 0 Å². The van der Waals surface area contributed by atoms with Crippen molar-refractivity contribution in [1.29, 1.82) is 0 Å². The van der Waals surface area contributed by atoms with Crippen LogP contribution in [0.3, 0.4) is 0 Å². The van der Waals surface area contributed by atoms with Crippen LogP contribution in [0, 0.1) is 40.4 Å². The quantitative estimate of drug-likeness (QED) is 0.0968. The molecule has 1 aromatic carbocycles. The highest BCUT2D eigenvalue weighted by Gasteiger charge is 2.72. The molecule has 0 aliphatic heterocycles. The number of allylic oxidation sites excluding steroid dienone is 1. The first-order chi connectivity index (χ1) is 19.2. The molecule has 7 unspecified atom stereocenters. The summed E-state index contributed by atoms with van der Waals surface area (Å²) in [5.41, 5.74) is -0.105. The Labute approximate surface area is 240 Å². The van der Waals surface area contributed by atoms with Crippen molar-refractivity contribution in [1.82, 2.24) is 0 Å². The second-order valence-corrected chi connectivity index (χ2v) is 12.8. The summed E-state index contributed by atoms with van der Waals surface area (Å²) in [5.74, 6) is 0.374. The predicted molar refractivity (Wildman–Crippen MR) is 155 cm³/mol. The number of unbranched alkanes of at least 4 members (excludes halogenated alkanes) is 2. The molecule has 2 saturated carbocycles. The van der Waals surface area contributed by atoms with Gasteiger partial charge in [-0.1, -0.05) is 64.3 Å². The van der Waals surface area contributed by atoms with Crippen LogP contribution in [0.5, 0.6) is 5.75 Å². The Bertz CT molecular complexity index is 1040. The standard InChI is InChI=1S/C34H49FO5/c1-6-7-15-39-16-9-8-10-28-24(4)31(35)18-30(28)33(22-36)19-26-17-29(23(2)3)34(33,20-26)32(37)40-21-25-11-13-27(38-5)14-12-25/h11-14,17,22-24,26,28,30-31H,6-10,15-16,18-21H2,1-5H3. The van der Waals surface area contributed by atoms with E-state index >= 15 is 4.39 Å². The minimum Gasteiger partial charge on any atom is -0.497 e. The molecule has 40 heavy (non-hydrogen) atoms. The van der Waals surface area contributed by atoms with Crippen molar-refractivity contribution >= 4 is 12.3 Å². The molecule has 2 fully saturated rings. The first kappa shape index (κ1) is 30.7. The van der Waals surface area contributed by atoms with E-state index in [1.807, 2.05) is 31.2 Å². The number of esters is 1. The lowest BCUT2D eigenvalue weighted by Crippen LogP contribution is -2.53. The number of alkyl halides is 1. The number of aldehydes is 1. The fourth-order valence-electron chi connectivity index (χ4n) is 8.19. The maximum atomic E-state index is 15.5. The highest BCUT2D eigenvalue weighted by molar-refractivity contribution is 5.89. The number of fused-ring (bicyclic) bond motifs is 2. The van der Waals surface area contributed by atoms with Gasteiger partial charge in [-0.05, 0) is 85.8 Å². The fourth-order valence-corrected chi connectivity index (χ4v) is 8.19. The van der Waals surface area contributed by atoms with E-state index in [1.54, 1.807) is 7.11 Å². The van der Waals surface area contributed by atoms with E-state index in [9.17, 15) is 9.59 Å². The molecule has 0 spiro atoms.